The van der Waals surface area contributed by atoms with Crippen LogP contribution in [-0.4, -0.2) is 16.9 Å². The van der Waals surface area contributed by atoms with Gasteiger partial charge < -0.3 is 10.6 Å². The predicted octanol–water partition coefficient (Wildman–Crippen LogP) is 4.33. The molecule has 138 valence electrons. The van der Waals surface area contributed by atoms with Gasteiger partial charge in [-0.15, -0.1) is 0 Å². The maximum atomic E-state index is 12.4. The zero-order valence-corrected chi connectivity index (χ0v) is 15.9. The number of nitrogens with zero attached hydrogens (tertiary/aromatic N) is 1. The molecule has 6 nitrogen and oxygen atoms in total. The van der Waals surface area contributed by atoms with Crippen LogP contribution in [0.3, 0.4) is 0 Å². The lowest BCUT2D eigenvalue weighted by atomic mass is 10.2. The van der Waals surface area contributed by atoms with Gasteiger partial charge in [-0.05, 0) is 37.1 Å². The minimum atomic E-state index is -0.398. The summed E-state index contributed by atoms with van der Waals surface area (Å²) in [5.74, 6) is -0.207. The lowest BCUT2D eigenvalue weighted by Crippen LogP contribution is -2.22. The largest absolute Gasteiger partial charge is 0.347 e. The second-order valence-electron chi connectivity index (χ2n) is 6.05. The topological polar surface area (TPSA) is 83.1 Å². The van der Waals surface area contributed by atoms with Gasteiger partial charge in [0, 0.05) is 12.2 Å². The molecule has 0 radical (unpaired) electrons. The van der Waals surface area contributed by atoms with Crippen LogP contribution in [0.5, 0.6) is 0 Å². The van der Waals surface area contributed by atoms with Crippen LogP contribution >= 0.6 is 11.3 Å². The molecular formula is C20H20N4O2S. The third kappa shape index (κ3) is 5.15. The fraction of sp³-hybridized carbons (Fsp3) is 0.150. The van der Waals surface area contributed by atoms with Crippen LogP contribution in [-0.2, 0) is 6.54 Å². The van der Waals surface area contributed by atoms with E-state index in [0.717, 1.165) is 22.5 Å². The summed E-state index contributed by atoms with van der Waals surface area (Å²) in [6.07, 6.45) is 0. The molecule has 2 aromatic carbocycles. The van der Waals surface area contributed by atoms with E-state index < -0.39 is 6.03 Å². The Morgan fingerprint density at radius 3 is 2.52 bits per heavy atom. The summed E-state index contributed by atoms with van der Waals surface area (Å²) < 4.78 is 0. The van der Waals surface area contributed by atoms with Crippen LogP contribution in [0.4, 0.5) is 15.6 Å². The molecule has 0 aliphatic heterocycles. The predicted molar refractivity (Wildman–Crippen MR) is 108 cm³/mol. The van der Waals surface area contributed by atoms with E-state index in [9.17, 15) is 9.59 Å². The molecule has 0 saturated carbocycles. The molecule has 3 rings (SSSR count). The Hall–Kier alpha value is -3.19. The van der Waals surface area contributed by atoms with Crippen LogP contribution in [0, 0.1) is 13.8 Å². The van der Waals surface area contributed by atoms with Crippen LogP contribution < -0.4 is 16.0 Å². The van der Waals surface area contributed by atoms with Crippen molar-refractivity contribution in [1.29, 1.82) is 0 Å². The molecular weight excluding hydrogens is 360 g/mol. The third-order valence-electron chi connectivity index (χ3n) is 3.80. The molecule has 3 N–H and O–H groups in total. The minimum absolute atomic E-state index is 0.207. The van der Waals surface area contributed by atoms with E-state index in [-0.39, 0.29) is 5.91 Å². The number of benzene rings is 2. The lowest BCUT2D eigenvalue weighted by Gasteiger charge is -2.05. The molecule has 0 aliphatic carbocycles. The van der Waals surface area contributed by atoms with E-state index in [1.54, 1.807) is 6.92 Å². The number of urea groups is 1. The molecule has 0 unspecified atom stereocenters. The zero-order valence-electron chi connectivity index (χ0n) is 15.1. The Morgan fingerprint density at radius 1 is 1.00 bits per heavy atom. The van der Waals surface area contributed by atoms with E-state index in [0.29, 0.717) is 27.9 Å². The molecule has 0 saturated heterocycles. The van der Waals surface area contributed by atoms with Crippen molar-refractivity contribution in [3.05, 3.63) is 76.3 Å². The second kappa shape index (κ2) is 8.46. The maximum Gasteiger partial charge on any atom is 0.325 e. The number of thiazole rings is 1. The number of aryl methyl sites for hydroxylation is 2. The normalized spacial score (nSPS) is 10.3. The van der Waals surface area contributed by atoms with Gasteiger partial charge in [-0.25, -0.2) is 9.78 Å². The maximum absolute atomic E-state index is 12.4. The molecule has 1 heterocycles. The van der Waals surface area contributed by atoms with Crippen LogP contribution in [0.1, 0.15) is 26.5 Å². The Balaban J connectivity index is 1.60. The lowest BCUT2D eigenvalue weighted by molar-refractivity contribution is 0.0954. The summed E-state index contributed by atoms with van der Waals surface area (Å²) in [4.78, 5) is 29.3. The molecule has 1 aromatic heterocycles. The molecule has 3 amide bonds. The average molecular weight is 380 g/mol. The summed E-state index contributed by atoms with van der Waals surface area (Å²) in [5.41, 5.74) is 3.34. The molecule has 0 bridgehead atoms. The standard InChI is InChI=1S/C20H20N4O2S/c1-13-7-6-10-16(11-13)23-19(26)24-20-22-14(2)17(27-20)18(25)21-12-15-8-4-3-5-9-15/h3-11H,12H2,1-2H3,(H,21,25)(H2,22,23,24,26). The number of nitrogens with one attached hydrogen (secondary N) is 3. The smallest absolute Gasteiger partial charge is 0.325 e. The number of hydrogen-bond donors (Lipinski definition) is 3. The van der Waals surface area contributed by atoms with Gasteiger partial charge in [0.25, 0.3) is 5.91 Å². The molecule has 7 heteroatoms. The summed E-state index contributed by atoms with van der Waals surface area (Å²) in [6.45, 7) is 4.14. The molecule has 0 aliphatic rings. The number of carbonyl (C=O) groups excluding carboxylic acids is 2. The summed E-state index contributed by atoms with van der Waals surface area (Å²) in [5, 5.41) is 8.68. The first-order valence-electron chi connectivity index (χ1n) is 8.45. The van der Waals surface area contributed by atoms with E-state index in [2.05, 4.69) is 20.9 Å². The monoisotopic (exact) mass is 380 g/mol. The Morgan fingerprint density at radius 2 is 1.78 bits per heavy atom. The molecule has 0 spiro atoms. The third-order valence-corrected chi connectivity index (χ3v) is 4.87. The number of amides is 3. The highest BCUT2D eigenvalue weighted by molar-refractivity contribution is 7.17. The summed E-state index contributed by atoms with van der Waals surface area (Å²) in [6, 6.07) is 16.8. The van der Waals surface area contributed by atoms with Crippen molar-refractivity contribution in [2.45, 2.75) is 20.4 Å². The Bertz CT molecular complexity index is 954. The first-order chi connectivity index (χ1) is 13.0. The van der Waals surface area contributed by atoms with Crippen molar-refractivity contribution in [3.63, 3.8) is 0 Å². The number of hydrogen-bond acceptors (Lipinski definition) is 4. The van der Waals surface area contributed by atoms with E-state index in [4.69, 9.17) is 0 Å². The van der Waals surface area contributed by atoms with Crippen molar-refractivity contribution in [2.75, 3.05) is 10.6 Å². The summed E-state index contributed by atoms with van der Waals surface area (Å²) >= 11 is 1.15. The van der Waals surface area contributed by atoms with E-state index >= 15 is 0 Å². The van der Waals surface area contributed by atoms with Crippen molar-refractivity contribution in [3.8, 4) is 0 Å². The van der Waals surface area contributed by atoms with E-state index in [1.807, 2.05) is 61.5 Å². The first kappa shape index (κ1) is 18.6. The number of anilines is 2. The minimum Gasteiger partial charge on any atom is -0.347 e. The van der Waals surface area contributed by atoms with Crippen molar-refractivity contribution < 1.29 is 9.59 Å². The Kier molecular flexibility index (Phi) is 5.83. The Labute approximate surface area is 161 Å². The van der Waals surface area contributed by atoms with Gasteiger partial charge in [0.1, 0.15) is 4.88 Å². The van der Waals surface area contributed by atoms with Gasteiger partial charge in [0.05, 0.1) is 5.69 Å². The van der Waals surface area contributed by atoms with Gasteiger partial charge in [-0.2, -0.15) is 0 Å². The van der Waals surface area contributed by atoms with Gasteiger partial charge >= 0.3 is 6.03 Å². The highest BCUT2D eigenvalue weighted by atomic mass is 32.1. The SMILES string of the molecule is Cc1cccc(NC(=O)Nc2nc(C)c(C(=O)NCc3ccccc3)s2)c1. The van der Waals surface area contributed by atoms with Crippen molar-refractivity contribution >= 4 is 34.1 Å². The first-order valence-corrected chi connectivity index (χ1v) is 9.27. The van der Waals surface area contributed by atoms with Gasteiger partial charge in [0.2, 0.25) is 0 Å². The van der Waals surface area contributed by atoms with Gasteiger partial charge in [-0.1, -0.05) is 53.8 Å². The molecule has 27 heavy (non-hydrogen) atoms. The quantitative estimate of drug-likeness (QED) is 0.616. The second-order valence-corrected chi connectivity index (χ2v) is 7.05. The summed E-state index contributed by atoms with van der Waals surface area (Å²) in [7, 11) is 0. The highest BCUT2D eigenvalue weighted by Crippen LogP contribution is 2.23. The van der Waals surface area contributed by atoms with Gasteiger partial charge in [0.15, 0.2) is 5.13 Å². The van der Waals surface area contributed by atoms with Gasteiger partial charge in [-0.3, -0.25) is 10.1 Å². The van der Waals surface area contributed by atoms with E-state index in [1.165, 1.54) is 0 Å². The molecule has 3 aromatic rings. The van der Waals surface area contributed by atoms with Crippen molar-refractivity contribution in [1.82, 2.24) is 10.3 Å². The molecule has 0 atom stereocenters. The number of rotatable bonds is 5. The number of carbonyl (C=O) groups is 2. The fourth-order valence-corrected chi connectivity index (χ4v) is 3.38. The molecule has 0 fully saturated rings. The average Bonchev–Trinajstić information content (AvgIpc) is 3.00. The van der Waals surface area contributed by atoms with Crippen molar-refractivity contribution in [2.24, 2.45) is 0 Å². The van der Waals surface area contributed by atoms with Crippen LogP contribution in [0.15, 0.2) is 54.6 Å². The highest BCUT2D eigenvalue weighted by Gasteiger charge is 2.16. The zero-order chi connectivity index (χ0) is 19.2. The van der Waals surface area contributed by atoms with Crippen LogP contribution in [0.2, 0.25) is 0 Å². The number of aromatic nitrogens is 1. The van der Waals surface area contributed by atoms with Crippen LogP contribution in [0.25, 0.3) is 0 Å². The fourth-order valence-electron chi connectivity index (χ4n) is 2.50.